The number of hydrogen-bond donors (Lipinski definition) is 1. The quantitative estimate of drug-likeness (QED) is 0.812. The first-order valence-electron chi connectivity index (χ1n) is 5.74. The van der Waals surface area contributed by atoms with Gasteiger partial charge in [-0.25, -0.2) is 4.98 Å². The Kier molecular flexibility index (Phi) is 3.58. The lowest BCUT2D eigenvalue weighted by Crippen LogP contribution is -2.52. The molecule has 0 unspecified atom stereocenters. The monoisotopic (exact) mass is 235 g/mol. The molecule has 1 saturated heterocycles. The summed E-state index contributed by atoms with van der Waals surface area (Å²) in [6.07, 6.45) is 1.62. The Morgan fingerprint density at radius 3 is 3.18 bits per heavy atom. The summed E-state index contributed by atoms with van der Waals surface area (Å²) in [6, 6.07) is 3.70. The Hall–Kier alpha value is -1.62. The maximum absolute atomic E-state index is 12.4. The number of ether oxygens (including phenoxy) is 1. The second kappa shape index (κ2) is 5.14. The molecular formula is C12H17N3O2. The Bertz CT molecular complexity index is 408. The van der Waals surface area contributed by atoms with E-state index in [0.717, 1.165) is 19.6 Å². The summed E-state index contributed by atoms with van der Waals surface area (Å²) in [5.41, 5.74) is 0.531. The maximum Gasteiger partial charge on any atom is 0.259 e. The van der Waals surface area contributed by atoms with Gasteiger partial charge in [0.2, 0.25) is 5.88 Å². The molecule has 1 aromatic rings. The first-order chi connectivity index (χ1) is 8.24. The Morgan fingerprint density at radius 1 is 1.65 bits per heavy atom. The first kappa shape index (κ1) is 11.9. The summed E-state index contributed by atoms with van der Waals surface area (Å²) in [5, 5.41) is 3.26. The fourth-order valence-corrected chi connectivity index (χ4v) is 2.01. The van der Waals surface area contributed by atoms with Gasteiger partial charge in [-0.15, -0.1) is 0 Å². The molecule has 17 heavy (non-hydrogen) atoms. The molecule has 0 bridgehead atoms. The molecule has 0 aromatic carbocycles. The van der Waals surface area contributed by atoms with Crippen molar-refractivity contribution in [3.63, 3.8) is 0 Å². The second-order valence-corrected chi connectivity index (χ2v) is 4.11. The van der Waals surface area contributed by atoms with E-state index in [9.17, 15) is 4.79 Å². The van der Waals surface area contributed by atoms with Crippen LogP contribution in [-0.2, 0) is 0 Å². The van der Waals surface area contributed by atoms with Gasteiger partial charge in [-0.05, 0) is 19.1 Å². The zero-order valence-electron chi connectivity index (χ0n) is 10.1. The van der Waals surface area contributed by atoms with Crippen LogP contribution in [0.1, 0.15) is 17.3 Å². The molecule has 1 N–H and O–H groups in total. The summed E-state index contributed by atoms with van der Waals surface area (Å²) in [6.45, 7) is 4.41. The van der Waals surface area contributed by atoms with Gasteiger partial charge in [0, 0.05) is 31.9 Å². The number of piperazine rings is 1. The van der Waals surface area contributed by atoms with Crippen molar-refractivity contribution in [3.8, 4) is 5.88 Å². The van der Waals surface area contributed by atoms with Crippen LogP contribution < -0.4 is 10.1 Å². The van der Waals surface area contributed by atoms with Gasteiger partial charge in [0.15, 0.2) is 0 Å². The predicted molar refractivity (Wildman–Crippen MR) is 64.2 cm³/mol. The molecule has 5 heteroatoms. The molecule has 2 rings (SSSR count). The van der Waals surface area contributed by atoms with E-state index in [1.807, 2.05) is 11.8 Å². The number of nitrogens with zero attached hydrogens (tertiary/aromatic N) is 2. The van der Waals surface area contributed by atoms with Crippen LogP contribution in [0.15, 0.2) is 18.3 Å². The third-order valence-corrected chi connectivity index (χ3v) is 2.96. The van der Waals surface area contributed by atoms with Crippen molar-refractivity contribution in [2.24, 2.45) is 0 Å². The highest BCUT2D eigenvalue weighted by atomic mass is 16.5. The lowest BCUT2D eigenvalue weighted by molar-refractivity contribution is 0.0651. The van der Waals surface area contributed by atoms with Crippen LogP contribution in [0.5, 0.6) is 5.88 Å². The van der Waals surface area contributed by atoms with E-state index in [1.165, 1.54) is 7.11 Å². The zero-order chi connectivity index (χ0) is 12.3. The molecule has 1 aliphatic rings. The number of hydrogen-bond acceptors (Lipinski definition) is 4. The van der Waals surface area contributed by atoms with Gasteiger partial charge in [-0.2, -0.15) is 0 Å². The van der Waals surface area contributed by atoms with Crippen molar-refractivity contribution in [1.29, 1.82) is 0 Å². The van der Waals surface area contributed by atoms with Crippen LogP contribution in [0.2, 0.25) is 0 Å². The lowest BCUT2D eigenvalue weighted by atomic mass is 10.1. The van der Waals surface area contributed by atoms with E-state index in [4.69, 9.17) is 4.74 Å². The molecule has 5 nitrogen and oxygen atoms in total. The van der Waals surface area contributed by atoms with Gasteiger partial charge in [0.05, 0.1) is 7.11 Å². The van der Waals surface area contributed by atoms with Gasteiger partial charge < -0.3 is 15.0 Å². The van der Waals surface area contributed by atoms with E-state index in [-0.39, 0.29) is 11.9 Å². The Morgan fingerprint density at radius 2 is 2.47 bits per heavy atom. The molecule has 1 atom stereocenters. The van der Waals surface area contributed by atoms with E-state index < -0.39 is 0 Å². The SMILES string of the molecule is COc1ncccc1C(=O)N1CCNC[C@H]1C. The zero-order valence-corrected chi connectivity index (χ0v) is 10.1. The average molecular weight is 235 g/mol. The minimum absolute atomic E-state index is 0.0102. The molecule has 1 aliphatic heterocycles. The minimum Gasteiger partial charge on any atom is -0.480 e. The van der Waals surface area contributed by atoms with Gasteiger partial charge in [0.25, 0.3) is 5.91 Å². The molecule has 0 saturated carbocycles. The van der Waals surface area contributed by atoms with E-state index >= 15 is 0 Å². The van der Waals surface area contributed by atoms with Crippen molar-refractivity contribution in [2.45, 2.75) is 13.0 Å². The number of methoxy groups -OCH3 is 1. The standard InChI is InChI=1S/C12H17N3O2/c1-9-8-13-6-7-15(9)12(16)10-4-3-5-14-11(10)17-2/h3-5,9,13H,6-8H2,1-2H3/t9-/m1/s1. The normalized spacial score (nSPS) is 20.1. The number of carbonyl (C=O) groups excluding carboxylic acids is 1. The summed E-state index contributed by atoms with van der Waals surface area (Å²) >= 11 is 0. The minimum atomic E-state index is -0.0102. The molecule has 0 spiro atoms. The summed E-state index contributed by atoms with van der Waals surface area (Å²) in [5.74, 6) is 0.382. The maximum atomic E-state index is 12.4. The molecule has 92 valence electrons. The van der Waals surface area contributed by atoms with E-state index in [1.54, 1.807) is 18.3 Å². The highest BCUT2D eigenvalue weighted by Crippen LogP contribution is 2.18. The highest BCUT2D eigenvalue weighted by Gasteiger charge is 2.26. The highest BCUT2D eigenvalue weighted by molar-refractivity contribution is 5.96. The van der Waals surface area contributed by atoms with Gasteiger partial charge in [-0.1, -0.05) is 0 Å². The molecule has 1 aromatic heterocycles. The molecule has 0 radical (unpaired) electrons. The molecule has 1 fully saturated rings. The molecule has 0 aliphatic carbocycles. The van der Waals surface area contributed by atoms with Crippen molar-refractivity contribution < 1.29 is 9.53 Å². The first-order valence-corrected chi connectivity index (χ1v) is 5.74. The van der Waals surface area contributed by atoms with Crippen LogP contribution in [0.3, 0.4) is 0 Å². The van der Waals surface area contributed by atoms with Crippen molar-refractivity contribution in [1.82, 2.24) is 15.2 Å². The van der Waals surface area contributed by atoms with Crippen LogP contribution in [0.25, 0.3) is 0 Å². The number of pyridine rings is 1. The van der Waals surface area contributed by atoms with Crippen LogP contribution in [0.4, 0.5) is 0 Å². The number of nitrogens with one attached hydrogen (secondary N) is 1. The summed E-state index contributed by atoms with van der Waals surface area (Å²) < 4.78 is 5.12. The van der Waals surface area contributed by atoms with E-state index in [0.29, 0.717) is 11.4 Å². The lowest BCUT2D eigenvalue weighted by Gasteiger charge is -2.34. The summed E-state index contributed by atoms with van der Waals surface area (Å²) in [7, 11) is 1.53. The molecular weight excluding hydrogens is 218 g/mol. The van der Waals surface area contributed by atoms with Crippen LogP contribution in [0, 0.1) is 0 Å². The van der Waals surface area contributed by atoms with Crippen molar-refractivity contribution >= 4 is 5.91 Å². The van der Waals surface area contributed by atoms with E-state index in [2.05, 4.69) is 10.3 Å². The van der Waals surface area contributed by atoms with Crippen LogP contribution >= 0.6 is 0 Å². The molecule has 2 heterocycles. The average Bonchev–Trinajstić information content (AvgIpc) is 2.38. The fraction of sp³-hybridized carbons (Fsp3) is 0.500. The number of carbonyl (C=O) groups is 1. The third-order valence-electron chi connectivity index (χ3n) is 2.96. The van der Waals surface area contributed by atoms with Crippen molar-refractivity contribution in [3.05, 3.63) is 23.9 Å². The van der Waals surface area contributed by atoms with Crippen molar-refractivity contribution in [2.75, 3.05) is 26.7 Å². The second-order valence-electron chi connectivity index (χ2n) is 4.11. The predicted octanol–water partition coefficient (Wildman–Crippen LogP) is 0.524. The Balaban J connectivity index is 2.23. The summed E-state index contributed by atoms with van der Waals surface area (Å²) in [4.78, 5) is 18.3. The van der Waals surface area contributed by atoms with Gasteiger partial charge in [0.1, 0.15) is 5.56 Å². The Labute approximate surface area is 101 Å². The van der Waals surface area contributed by atoms with Gasteiger partial charge in [-0.3, -0.25) is 4.79 Å². The number of rotatable bonds is 2. The smallest absolute Gasteiger partial charge is 0.259 e. The largest absolute Gasteiger partial charge is 0.480 e. The fourth-order valence-electron chi connectivity index (χ4n) is 2.01. The number of amides is 1. The van der Waals surface area contributed by atoms with Crippen LogP contribution in [-0.4, -0.2) is 48.6 Å². The topological polar surface area (TPSA) is 54.5 Å². The van der Waals surface area contributed by atoms with Gasteiger partial charge >= 0.3 is 0 Å². The third kappa shape index (κ3) is 2.39. The molecule has 1 amide bonds. The number of aromatic nitrogens is 1.